The van der Waals surface area contributed by atoms with Gasteiger partial charge in [0.25, 0.3) is 0 Å². The molecule has 0 atom stereocenters. The summed E-state index contributed by atoms with van der Waals surface area (Å²) in [6, 6.07) is 8.10. The van der Waals surface area contributed by atoms with Crippen molar-refractivity contribution in [1.29, 1.82) is 0 Å². The minimum absolute atomic E-state index is 0.212. The summed E-state index contributed by atoms with van der Waals surface area (Å²) in [5.74, 6) is -2.26. The van der Waals surface area contributed by atoms with E-state index in [-0.39, 0.29) is 5.56 Å². The molecule has 0 saturated heterocycles. The van der Waals surface area contributed by atoms with Crippen molar-refractivity contribution in [3.05, 3.63) is 59.2 Å². The zero-order chi connectivity index (χ0) is 14.0. The average molecular weight is 280 g/mol. The standard InChI is InChI=1S/C14H10F2O2S/c1-8-6-10(3-4-11(8)14(17)18)19-13-5-2-9(15)7-12(13)16/h2-7H,1H3,(H,17,18). The first kappa shape index (κ1) is 13.5. The molecule has 2 rings (SSSR count). The lowest BCUT2D eigenvalue weighted by Gasteiger charge is -2.06. The summed E-state index contributed by atoms with van der Waals surface area (Å²) in [5, 5.41) is 8.91. The highest BCUT2D eigenvalue weighted by Crippen LogP contribution is 2.31. The van der Waals surface area contributed by atoms with Crippen LogP contribution in [0.3, 0.4) is 0 Å². The van der Waals surface area contributed by atoms with E-state index in [1.807, 2.05) is 0 Å². The van der Waals surface area contributed by atoms with Crippen LogP contribution in [0.4, 0.5) is 8.78 Å². The van der Waals surface area contributed by atoms with Crippen LogP contribution in [-0.2, 0) is 0 Å². The van der Waals surface area contributed by atoms with E-state index in [0.29, 0.717) is 15.4 Å². The molecule has 0 unspecified atom stereocenters. The largest absolute Gasteiger partial charge is 0.478 e. The first-order valence-electron chi connectivity index (χ1n) is 5.44. The lowest BCUT2D eigenvalue weighted by Crippen LogP contribution is -1.99. The third-order valence-electron chi connectivity index (χ3n) is 2.55. The van der Waals surface area contributed by atoms with Crippen LogP contribution in [0, 0.1) is 18.6 Å². The maximum Gasteiger partial charge on any atom is 0.335 e. The summed E-state index contributed by atoms with van der Waals surface area (Å²) in [6.07, 6.45) is 0. The molecule has 2 aromatic carbocycles. The van der Waals surface area contributed by atoms with Gasteiger partial charge in [-0.05, 0) is 42.8 Å². The highest BCUT2D eigenvalue weighted by molar-refractivity contribution is 7.99. The number of benzene rings is 2. The van der Waals surface area contributed by atoms with Crippen molar-refractivity contribution in [2.45, 2.75) is 16.7 Å². The van der Waals surface area contributed by atoms with Gasteiger partial charge in [-0.3, -0.25) is 0 Å². The van der Waals surface area contributed by atoms with E-state index in [0.717, 1.165) is 17.8 Å². The number of carboxylic acid groups (broad SMARTS) is 1. The normalized spacial score (nSPS) is 10.5. The lowest BCUT2D eigenvalue weighted by atomic mass is 10.1. The molecule has 19 heavy (non-hydrogen) atoms. The Kier molecular flexibility index (Phi) is 3.85. The van der Waals surface area contributed by atoms with Gasteiger partial charge in [0.1, 0.15) is 11.6 Å². The summed E-state index contributed by atoms with van der Waals surface area (Å²) in [6.45, 7) is 1.68. The maximum absolute atomic E-state index is 13.5. The molecule has 0 spiro atoms. The third-order valence-corrected chi connectivity index (χ3v) is 3.59. The van der Waals surface area contributed by atoms with Crippen LogP contribution in [0.15, 0.2) is 46.2 Å². The first-order valence-corrected chi connectivity index (χ1v) is 6.26. The zero-order valence-electron chi connectivity index (χ0n) is 9.98. The Hall–Kier alpha value is -1.88. The average Bonchev–Trinajstić information content (AvgIpc) is 2.32. The highest BCUT2D eigenvalue weighted by atomic mass is 32.2. The van der Waals surface area contributed by atoms with Crippen LogP contribution >= 0.6 is 11.8 Å². The second-order valence-electron chi connectivity index (χ2n) is 3.96. The summed E-state index contributed by atoms with van der Waals surface area (Å²) < 4.78 is 26.3. The van der Waals surface area contributed by atoms with Gasteiger partial charge in [-0.2, -0.15) is 0 Å². The van der Waals surface area contributed by atoms with Crippen molar-refractivity contribution >= 4 is 17.7 Å². The molecule has 2 nitrogen and oxygen atoms in total. The predicted octanol–water partition coefficient (Wildman–Crippen LogP) is 4.12. The molecule has 0 radical (unpaired) electrons. The molecule has 0 aliphatic rings. The fourth-order valence-electron chi connectivity index (χ4n) is 1.62. The van der Waals surface area contributed by atoms with Crippen molar-refractivity contribution in [3.63, 3.8) is 0 Å². The molecule has 0 fully saturated rings. The predicted molar refractivity (Wildman–Crippen MR) is 68.6 cm³/mol. The molecule has 0 bridgehead atoms. The van der Waals surface area contributed by atoms with Crippen molar-refractivity contribution in [2.24, 2.45) is 0 Å². The molecule has 0 heterocycles. The van der Waals surface area contributed by atoms with Crippen molar-refractivity contribution < 1.29 is 18.7 Å². The topological polar surface area (TPSA) is 37.3 Å². The van der Waals surface area contributed by atoms with E-state index < -0.39 is 17.6 Å². The van der Waals surface area contributed by atoms with Gasteiger partial charge in [0.15, 0.2) is 0 Å². The molecule has 98 valence electrons. The van der Waals surface area contributed by atoms with Gasteiger partial charge in [-0.15, -0.1) is 0 Å². The van der Waals surface area contributed by atoms with Crippen LogP contribution in [0.25, 0.3) is 0 Å². The van der Waals surface area contributed by atoms with Gasteiger partial charge >= 0.3 is 5.97 Å². The monoisotopic (exact) mass is 280 g/mol. The van der Waals surface area contributed by atoms with Gasteiger partial charge < -0.3 is 5.11 Å². The fraction of sp³-hybridized carbons (Fsp3) is 0.0714. The molecular weight excluding hydrogens is 270 g/mol. The Morgan fingerprint density at radius 2 is 1.89 bits per heavy atom. The molecule has 0 aliphatic heterocycles. The summed E-state index contributed by atoms with van der Waals surface area (Å²) >= 11 is 1.12. The number of rotatable bonds is 3. The Morgan fingerprint density at radius 1 is 1.16 bits per heavy atom. The van der Waals surface area contributed by atoms with E-state index in [2.05, 4.69) is 0 Å². The number of aromatic carboxylic acids is 1. The van der Waals surface area contributed by atoms with Crippen molar-refractivity contribution in [2.75, 3.05) is 0 Å². The van der Waals surface area contributed by atoms with Crippen LogP contribution in [0.1, 0.15) is 15.9 Å². The van der Waals surface area contributed by atoms with Gasteiger partial charge in [0.05, 0.1) is 5.56 Å². The summed E-state index contributed by atoms with van der Waals surface area (Å²) in [5.41, 5.74) is 0.809. The minimum Gasteiger partial charge on any atom is -0.478 e. The lowest BCUT2D eigenvalue weighted by molar-refractivity contribution is 0.0696. The van der Waals surface area contributed by atoms with Crippen LogP contribution in [-0.4, -0.2) is 11.1 Å². The summed E-state index contributed by atoms with van der Waals surface area (Å²) in [4.78, 5) is 11.9. The molecule has 0 aromatic heterocycles. The van der Waals surface area contributed by atoms with E-state index in [4.69, 9.17) is 5.11 Å². The van der Waals surface area contributed by atoms with E-state index in [9.17, 15) is 13.6 Å². The second-order valence-corrected chi connectivity index (χ2v) is 5.07. The number of halogens is 2. The molecule has 0 saturated carbocycles. The van der Waals surface area contributed by atoms with Crippen molar-refractivity contribution in [3.8, 4) is 0 Å². The number of carboxylic acids is 1. The van der Waals surface area contributed by atoms with Crippen LogP contribution < -0.4 is 0 Å². The van der Waals surface area contributed by atoms with Crippen LogP contribution in [0.2, 0.25) is 0 Å². The molecular formula is C14H10F2O2S. The number of hydrogen-bond acceptors (Lipinski definition) is 2. The van der Waals surface area contributed by atoms with Gasteiger partial charge in [-0.25, -0.2) is 13.6 Å². The number of carbonyl (C=O) groups is 1. The zero-order valence-corrected chi connectivity index (χ0v) is 10.8. The van der Waals surface area contributed by atoms with Gasteiger partial charge in [0, 0.05) is 15.9 Å². The van der Waals surface area contributed by atoms with Gasteiger partial charge in [0.2, 0.25) is 0 Å². The number of aryl methyl sites for hydroxylation is 1. The maximum atomic E-state index is 13.5. The summed E-state index contributed by atoms with van der Waals surface area (Å²) in [7, 11) is 0. The molecule has 2 aromatic rings. The fourth-order valence-corrected chi connectivity index (χ4v) is 2.54. The van der Waals surface area contributed by atoms with E-state index in [1.165, 1.54) is 18.2 Å². The molecule has 5 heteroatoms. The molecule has 0 aliphatic carbocycles. The highest BCUT2D eigenvalue weighted by Gasteiger charge is 2.10. The van der Waals surface area contributed by atoms with Crippen molar-refractivity contribution in [1.82, 2.24) is 0 Å². The van der Waals surface area contributed by atoms with Gasteiger partial charge in [-0.1, -0.05) is 11.8 Å². The quantitative estimate of drug-likeness (QED) is 0.918. The number of hydrogen-bond donors (Lipinski definition) is 1. The Morgan fingerprint density at radius 3 is 2.47 bits per heavy atom. The van der Waals surface area contributed by atoms with E-state index in [1.54, 1.807) is 19.1 Å². The smallest absolute Gasteiger partial charge is 0.335 e. The first-order chi connectivity index (χ1) is 8.97. The Balaban J connectivity index is 2.29. The Bertz CT molecular complexity index is 641. The third kappa shape index (κ3) is 3.12. The Labute approximate surface area is 113 Å². The van der Waals surface area contributed by atoms with Crippen LogP contribution in [0.5, 0.6) is 0 Å². The SMILES string of the molecule is Cc1cc(Sc2ccc(F)cc2F)ccc1C(=O)O. The molecule has 0 amide bonds. The molecule has 1 N–H and O–H groups in total. The minimum atomic E-state index is -0.998. The van der Waals surface area contributed by atoms with E-state index >= 15 is 0 Å². The second kappa shape index (κ2) is 5.40.